The van der Waals surface area contributed by atoms with Gasteiger partial charge >= 0.3 is 0 Å². The van der Waals surface area contributed by atoms with E-state index in [2.05, 4.69) is 4.98 Å². The Morgan fingerprint density at radius 3 is 2.67 bits per heavy atom. The van der Waals surface area contributed by atoms with Gasteiger partial charge in [-0.1, -0.05) is 12.1 Å². The molecule has 3 nitrogen and oxygen atoms in total. The summed E-state index contributed by atoms with van der Waals surface area (Å²) in [6.45, 7) is 2.55. The maximum atomic E-state index is 9.41. The number of aliphatic hydroxyl groups is 1. The maximum absolute atomic E-state index is 9.41. The second-order valence-corrected chi connectivity index (χ2v) is 4.29. The lowest BCUT2D eigenvalue weighted by Gasteiger charge is -2.15. The van der Waals surface area contributed by atoms with Gasteiger partial charge in [-0.2, -0.15) is 0 Å². The molecule has 1 heterocycles. The Balaban J connectivity index is 2.00. The number of aromatic nitrogens is 1. The molecule has 0 aliphatic carbocycles. The van der Waals surface area contributed by atoms with Crippen LogP contribution in [0.1, 0.15) is 17.0 Å². The van der Waals surface area contributed by atoms with E-state index in [0.29, 0.717) is 6.61 Å². The van der Waals surface area contributed by atoms with Gasteiger partial charge in [-0.15, -0.1) is 0 Å². The first-order valence-corrected chi connectivity index (χ1v) is 6.00. The molecule has 0 bridgehead atoms. The van der Waals surface area contributed by atoms with Gasteiger partial charge in [0.1, 0.15) is 5.75 Å². The Morgan fingerprint density at radius 1 is 1.22 bits per heavy atom. The second kappa shape index (κ2) is 6.17. The zero-order valence-corrected chi connectivity index (χ0v) is 10.4. The number of hydrogen-bond donors (Lipinski definition) is 1. The lowest BCUT2D eigenvalue weighted by Crippen LogP contribution is -2.14. The molecule has 1 aromatic carbocycles. The molecule has 3 heteroatoms. The van der Waals surface area contributed by atoms with E-state index in [1.807, 2.05) is 43.3 Å². The Kier molecular flexibility index (Phi) is 4.31. The molecule has 0 radical (unpaired) electrons. The first kappa shape index (κ1) is 12.6. The Bertz CT molecular complexity index is 485. The summed E-state index contributed by atoms with van der Waals surface area (Å²) >= 11 is 0. The first-order valence-electron chi connectivity index (χ1n) is 6.00. The van der Waals surface area contributed by atoms with Gasteiger partial charge in [-0.25, -0.2) is 0 Å². The number of pyridine rings is 1. The molecule has 1 unspecified atom stereocenters. The summed E-state index contributed by atoms with van der Waals surface area (Å²) in [5.74, 6) is 0.816. The molecule has 0 aliphatic rings. The van der Waals surface area contributed by atoms with E-state index < -0.39 is 0 Å². The Morgan fingerprint density at radius 2 is 2.00 bits per heavy atom. The molecule has 0 saturated heterocycles. The quantitative estimate of drug-likeness (QED) is 0.877. The Labute approximate surface area is 107 Å². The number of aryl methyl sites for hydroxylation is 1. The molecule has 0 spiro atoms. The average Bonchev–Trinajstić information content (AvgIpc) is 2.41. The van der Waals surface area contributed by atoms with E-state index >= 15 is 0 Å². The standard InChI is InChI=1S/C15H17NO2/c1-12-3-2-4-15(9-12)18-11-14(10-17)13-5-7-16-8-6-13/h2-9,14,17H,10-11H2,1H3. The van der Waals surface area contributed by atoms with Gasteiger partial charge < -0.3 is 9.84 Å². The van der Waals surface area contributed by atoms with Gasteiger partial charge in [0.15, 0.2) is 0 Å². The van der Waals surface area contributed by atoms with Crippen molar-refractivity contribution in [3.05, 3.63) is 59.9 Å². The van der Waals surface area contributed by atoms with Crippen LogP contribution in [0.2, 0.25) is 0 Å². The Hall–Kier alpha value is -1.87. The first-order chi connectivity index (χ1) is 8.79. The summed E-state index contributed by atoms with van der Waals surface area (Å²) in [4.78, 5) is 3.97. The van der Waals surface area contributed by atoms with Gasteiger partial charge in [0.25, 0.3) is 0 Å². The maximum Gasteiger partial charge on any atom is 0.119 e. The highest BCUT2D eigenvalue weighted by Crippen LogP contribution is 2.18. The van der Waals surface area contributed by atoms with Crippen LogP contribution in [-0.4, -0.2) is 23.3 Å². The van der Waals surface area contributed by atoms with Crippen molar-refractivity contribution in [1.29, 1.82) is 0 Å². The molecule has 18 heavy (non-hydrogen) atoms. The highest BCUT2D eigenvalue weighted by Gasteiger charge is 2.11. The molecule has 2 aromatic rings. The van der Waals surface area contributed by atoms with Crippen LogP contribution < -0.4 is 4.74 Å². The van der Waals surface area contributed by atoms with E-state index in [4.69, 9.17) is 4.74 Å². The largest absolute Gasteiger partial charge is 0.493 e. The molecule has 94 valence electrons. The van der Waals surface area contributed by atoms with Crippen LogP contribution >= 0.6 is 0 Å². The van der Waals surface area contributed by atoms with Gasteiger partial charge in [-0.05, 0) is 42.3 Å². The number of benzene rings is 1. The normalized spacial score (nSPS) is 12.1. The molecule has 1 N–H and O–H groups in total. The molecule has 2 rings (SSSR count). The lowest BCUT2D eigenvalue weighted by atomic mass is 10.0. The molecule has 0 aliphatic heterocycles. The number of ether oxygens (including phenoxy) is 1. The van der Waals surface area contributed by atoms with Crippen molar-refractivity contribution < 1.29 is 9.84 Å². The van der Waals surface area contributed by atoms with Crippen molar-refractivity contribution in [2.75, 3.05) is 13.2 Å². The summed E-state index contributed by atoms with van der Waals surface area (Å²) in [5.41, 5.74) is 2.21. The minimum Gasteiger partial charge on any atom is -0.493 e. The van der Waals surface area contributed by atoms with Crippen LogP contribution in [0.25, 0.3) is 0 Å². The fraction of sp³-hybridized carbons (Fsp3) is 0.267. The van der Waals surface area contributed by atoms with Crippen LogP contribution in [0, 0.1) is 6.92 Å². The summed E-state index contributed by atoms with van der Waals surface area (Å²) in [7, 11) is 0. The molecular weight excluding hydrogens is 226 g/mol. The molecule has 0 amide bonds. The van der Waals surface area contributed by atoms with Gasteiger partial charge in [-0.3, -0.25) is 4.98 Å². The number of rotatable bonds is 5. The van der Waals surface area contributed by atoms with Crippen molar-refractivity contribution in [2.24, 2.45) is 0 Å². The van der Waals surface area contributed by atoms with Crippen LogP contribution in [0.15, 0.2) is 48.8 Å². The second-order valence-electron chi connectivity index (χ2n) is 4.29. The van der Waals surface area contributed by atoms with Crippen molar-refractivity contribution >= 4 is 0 Å². The molecular formula is C15H17NO2. The number of nitrogens with zero attached hydrogens (tertiary/aromatic N) is 1. The van der Waals surface area contributed by atoms with E-state index in [9.17, 15) is 5.11 Å². The summed E-state index contributed by atoms with van der Waals surface area (Å²) in [6.07, 6.45) is 3.45. The van der Waals surface area contributed by atoms with Crippen LogP contribution in [-0.2, 0) is 0 Å². The number of hydrogen-bond acceptors (Lipinski definition) is 3. The van der Waals surface area contributed by atoms with Crippen molar-refractivity contribution in [1.82, 2.24) is 4.98 Å². The van der Waals surface area contributed by atoms with Crippen LogP contribution in [0.4, 0.5) is 0 Å². The fourth-order valence-corrected chi connectivity index (χ4v) is 1.79. The topological polar surface area (TPSA) is 42.4 Å². The third kappa shape index (κ3) is 3.31. The summed E-state index contributed by atoms with van der Waals surface area (Å²) in [5, 5.41) is 9.41. The highest BCUT2D eigenvalue weighted by atomic mass is 16.5. The average molecular weight is 243 g/mol. The van der Waals surface area contributed by atoms with Crippen molar-refractivity contribution in [2.45, 2.75) is 12.8 Å². The molecule has 0 saturated carbocycles. The van der Waals surface area contributed by atoms with Gasteiger partial charge in [0.05, 0.1) is 13.2 Å². The zero-order valence-electron chi connectivity index (χ0n) is 10.4. The lowest BCUT2D eigenvalue weighted by molar-refractivity contribution is 0.205. The monoisotopic (exact) mass is 243 g/mol. The minimum atomic E-state index is -0.0199. The van der Waals surface area contributed by atoms with Gasteiger partial charge in [0, 0.05) is 18.3 Å². The van der Waals surface area contributed by atoms with Crippen molar-refractivity contribution in [3.63, 3.8) is 0 Å². The smallest absolute Gasteiger partial charge is 0.119 e. The van der Waals surface area contributed by atoms with Crippen LogP contribution in [0.3, 0.4) is 0 Å². The fourth-order valence-electron chi connectivity index (χ4n) is 1.79. The predicted octanol–water partition coefficient (Wildman–Crippen LogP) is 2.54. The summed E-state index contributed by atoms with van der Waals surface area (Å²) in [6, 6.07) is 11.7. The minimum absolute atomic E-state index is 0.0199. The van der Waals surface area contributed by atoms with E-state index in [-0.39, 0.29) is 12.5 Å². The molecule has 1 aromatic heterocycles. The third-order valence-electron chi connectivity index (χ3n) is 2.84. The summed E-state index contributed by atoms with van der Waals surface area (Å²) < 4.78 is 5.71. The van der Waals surface area contributed by atoms with Crippen molar-refractivity contribution in [3.8, 4) is 5.75 Å². The third-order valence-corrected chi connectivity index (χ3v) is 2.84. The number of aliphatic hydroxyl groups excluding tert-OH is 1. The van der Waals surface area contributed by atoms with Crippen LogP contribution in [0.5, 0.6) is 5.75 Å². The van der Waals surface area contributed by atoms with E-state index in [1.165, 1.54) is 0 Å². The van der Waals surface area contributed by atoms with E-state index in [0.717, 1.165) is 16.9 Å². The SMILES string of the molecule is Cc1cccc(OCC(CO)c2ccncc2)c1. The molecule has 0 fully saturated rings. The predicted molar refractivity (Wildman–Crippen MR) is 70.7 cm³/mol. The zero-order chi connectivity index (χ0) is 12.8. The van der Waals surface area contributed by atoms with E-state index in [1.54, 1.807) is 12.4 Å². The molecule has 1 atom stereocenters. The highest BCUT2D eigenvalue weighted by molar-refractivity contribution is 5.27. The van der Waals surface area contributed by atoms with Gasteiger partial charge in [0.2, 0.25) is 0 Å².